The normalized spacial score (nSPS) is 27.0. The number of likely N-dealkylation sites (N-methyl/N-ethyl adjacent to an activating group) is 2. The molecule has 3 rings (SSSR count). The number of hydrogen-bond acceptors (Lipinski definition) is 11. The molecule has 0 radical (unpaired) electrons. The first-order valence-corrected chi connectivity index (χ1v) is 22.0. The lowest BCUT2D eigenvalue weighted by Gasteiger charge is -2.35. The molecule has 62 heavy (non-hydrogen) atoms. The van der Waals surface area contributed by atoms with E-state index in [1.54, 1.807) is 38.2 Å². The Morgan fingerprint density at radius 3 is 2.21 bits per heavy atom. The summed E-state index contributed by atoms with van der Waals surface area (Å²) in [7, 11) is 4.61. The van der Waals surface area contributed by atoms with E-state index in [9.17, 15) is 38.7 Å². The van der Waals surface area contributed by atoms with Crippen LogP contribution in [0.4, 0.5) is 0 Å². The second-order valence-corrected chi connectivity index (χ2v) is 18.3. The number of nitrogens with zero attached hydrogens (tertiary/aromatic N) is 2. The lowest BCUT2D eigenvalue weighted by molar-refractivity contribution is -0.162. The highest BCUT2D eigenvalue weighted by Crippen LogP contribution is 2.25. The molecule has 9 unspecified atom stereocenters. The van der Waals surface area contributed by atoms with Crippen molar-refractivity contribution in [3.63, 3.8) is 0 Å². The van der Waals surface area contributed by atoms with Gasteiger partial charge in [0, 0.05) is 20.0 Å². The fourth-order valence-electron chi connectivity index (χ4n) is 7.98. The van der Waals surface area contributed by atoms with E-state index in [1.165, 1.54) is 44.7 Å². The van der Waals surface area contributed by atoms with Gasteiger partial charge in [0.2, 0.25) is 35.4 Å². The number of aliphatic hydroxyl groups excluding tert-OH is 1. The van der Waals surface area contributed by atoms with Gasteiger partial charge in [-0.05, 0) is 89.0 Å². The van der Waals surface area contributed by atoms with Gasteiger partial charge in [-0.25, -0.2) is 4.79 Å². The van der Waals surface area contributed by atoms with E-state index >= 15 is 0 Å². The minimum atomic E-state index is -1.54. The van der Waals surface area contributed by atoms with Crippen molar-refractivity contribution in [1.29, 1.82) is 0 Å². The summed E-state index contributed by atoms with van der Waals surface area (Å²) in [5.41, 5.74) is -0.883. The standard InChI is InChI=1S/C45H73N7O10/c1-13-27(6)37-35(53)24-36(54)50-45(8,9)44(60)47-32(22-26(4)5)41(57)52-20-14-15-33(52)42(58)51(11)34(23-29-16-18-30(61-12)19-17-29)43(59)62-28(7)38(40(56)48-37)49-39(55)31(46-10)21-25(2)3/h16-19,25-28,31-35,37-38,46,53H,13-15,20-24H2,1-12H3,(H,47,60)(H,48,56)(H,49,55)(H,50,54). The summed E-state index contributed by atoms with van der Waals surface area (Å²) in [5, 5.41) is 25.6. The van der Waals surface area contributed by atoms with Crippen molar-refractivity contribution < 1.29 is 48.1 Å². The lowest BCUT2D eigenvalue weighted by atomic mass is 9.91. The summed E-state index contributed by atoms with van der Waals surface area (Å²) >= 11 is 0. The fourth-order valence-corrected chi connectivity index (χ4v) is 7.98. The molecule has 9 atom stereocenters. The Labute approximate surface area is 367 Å². The van der Waals surface area contributed by atoms with Gasteiger partial charge < -0.3 is 51.0 Å². The molecule has 2 saturated heterocycles. The van der Waals surface area contributed by atoms with Crippen LogP contribution in [0.15, 0.2) is 24.3 Å². The molecule has 2 aliphatic heterocycles. The minimum Gasteiger partial charge on any atom is -0.497 e. The van der Waals surface area contributed by atoms with E-state index in [0.717, 1.165) is 0 Å². The van der Waals surface area contributed by atoms with Crippen LogP contribution in [-0.4, -0.2) is 138 Å². The number of esters is 1. The molecule has 6 N–H and O–H groups in total. The molecule has 17 nitrogen and oxygen atoms in total. The molecule has 2 fully saturated rings. The zero-order valence-electron chi connectivity index (χ0n) is 38.8. The number of nitrogens with one attached hydrogen (secondary N) is 5. The number of rotatable bonds is 12. The average Bonchev–Trinajstić information content (AvgIpc) is 3.70. The van der Waals surface area contributed by atoms with Crippen LogP contribution in [0, 0.1) is 17.8 Å². The van der Waals surface area contributed by atoms with Gasteiger partial charge >= 0.3 is 5.97 Å². The first kappa shape index (κ1) is 51.6. The largest absolute Gasteiger partial charge is 0.497 e. The van der Waals surface area contributed by atoms with Crippen molar-refractivity contribution >= 4 is 41.4 Å². The number of carbonyl (C=O) groups excluding carboxylic acids is 7. The van der Waals surface area contributed by atoms with E-state index in [4.69, 9.17) is 9.47 Å². The van der Waals surface area contributed by atoms with Crippen molar-refractivity contribution in [2.24, 2.45) is 17.8 Å². The van der Waals surface area contributed by atoms with Crippen LogP contribution in [0.3, 0.4) is 0 Å². The SMILES string of the molecule is CCC(C)C1NC(=O)C(NC(=O)C(CC(C)C)NC)C(C)OC(=O)C(Cc2ccc(OC)cc2)N(C)C(=O)C2CCCN2C(=O)C(CC(C)C)NC(=O)C(C)(C)NC(=O)CC1O. The molecule has 1 aromatic rings. The summed E-state index contributed by atoms with van der Waals surface area (Å²) in [5.74, 6) is -4.25. The van der Waals surface area contributed by atoms with Gasteiger partial charge in [-0.2, -0.15) is 0 Å². The molecule has 0 aliphatic carbocycles. The van der Waals surface area contributed by atoms with Gasteiger partial charge in [0.15, 0.2) is 0 Å². The second-order valence-electron chi connectivity index (χ2n) is 18.3. The van der Waals surface area contributed by atoms with Crippen LogP contribution in [0.2, 0.25) is 0 Å². The number of cyclic esters (lactones) is 1. The van der Waals surface area contributed by atoms with Crippen LogP contribution in [0.25, 0.3) is 0 Å². The summed E-state index contributed by atoms with van der Waals surface area (Å²) in [6.07, 6.45) is -1.33. The smallest absolute Gasteiger partial charge is 0.329 e. The summed E-state index contributed by atoms with van der Waals surface area (Å²) in [4.78, 5) is 102. The van der Waals surface area contributed by atoms with E-state index in [1.807, 2.05) is 34.6 Å². The van der Waals surface area contributed by atoms with Crippen molar-refractivity contribution in [2.45, 2.75) is 161 Å². The van der Waals surface area contributed by atoms with Gasteiger partial charge in [-0.1, -0.05) is 60.1 Å². The van der Waals surface area contributed by atoms with Gasteiger partial charge in [0.25, 0.3) is 0 Å². The third-order valence-corrected chi connectivity index (χ3v) is 11.9. The van der Waals surface area contributed by atoms with Crippen molar-refractivity contribution in [3.8, 4) is 5.75 Å². The molecule has 0 saturated carbocycles. The number of carbonyl (C=O) groups is 7. The molecular weight excluding hydrogens is 799 g/mol. The highest BCUT2D eigenvalue weighted by atomic mass is 16.5. The van der Waals surface area contributed by atoms with E-state index in [-0.39, 0.29) is 37.1 Å². The summed E-state index contributed by atoms with van der Waals surface area (Å²) in [6, 6.07) is 0.464. The number of hydrogen-bond donors (Lipinski definition) is 6. The molecule has 0 aromatic heterocycles. The minimum absolute atomic E-state index is 0.0116. The van der Waals surface area contributed by atoms with Crippen molar-refractivity contribution in [1.82, 2.24) is 36.4 Å². The summed E-state index contributed by atoms with van der Waals surface area (Å²) in [6.45, 7) is 16.0. The Kier molecular flexibility index (Phi) is 19.2. The Balaban J connectivity index is 2.20. The van der Waals surface area contributed by atoms with E-state index < -0.39 is 102 Å². The first-order valence-electron chi connectivity index (χ1n) is 22.0. The third kappa shape index (κ3) is 13.9. The van der Waals surface area contributed by atoms with Gasteiger partial charge in [0.05, 0.1) is 31.7 Å². The van der Waals surface area contributed by atoms with Crippen LogP contribution in [0.1, 0.15) is 106 Å². The fraction of sp³-hybridized carbons (Fsp3) is 0.711. The number of amides is 6. The Bertz CT molecular complexity index is 1720. The van der Waals surface area contributed by atoms with Crippen LogP contribution in [-0.2, 0) is 44.7 Å². The number of ether oxygens (including phenoxy) is 2. The first-order chi connectivity index (χ1) is 29.0. The Hall–Kier alpha value is -4.77. The molecule has 17 heteroatoms. The highest BCUT2D eigenvalue weighted by molar-refractivity contribution is 5.97. The maximum atomic E-state index is 14.6. The van der Waals surface area contributed by atoms with Gasteiger partial charge in [-0.3, -0.25) is 28.8 Å². The maximum Gasteiger partial charge on any atom is 0.329 e. The van der Waals surface area contributed by atoms with Crippen molar-refractivity contribution in [2.75, 3.05) is 27.7 Å². The molecule has 0 spiro atoms. The summed E-state index contributed by atoms with van der Waals surface area (Å²) < 4.78 is 11.4. The number of benzene rings is 1. The average molecular weight is 872 g/mol. The van der Waals surface area contributed by atoms with Crippen LogP contribution >= 0.6 is 0 Å². The number of methoxy groups -OCH3 is 1. The Morgan fingerprint density at radius 2 is 1.65 bits per heavy atom. The quantitative estimate of drug-likeness (QED) is 0.166. The van der Waals surface area contributed by atoms with Crippen LogP contribution in [0.5, 0.6) is 5.75 Å². The number of aliphatic hydroxyl groups is 1. The lowest BCUT2D eigenvalue weighted by Crippen LogP contribution is -2.61. The predicted molar refractivity (Wildman–Crippen MR) is 233 cm³/mol. The predicted octanol–water partition coefficient (Wildman–Crippen LogP) is 1.83. The van der Waals surface area contributed by atoms with E-state index in [2.05, 4.69) is 26.6 Å². The topological polar surface area (TPSA) is 225 Å². The molecule has 2 aliphatic rings. The number of fused-ring (bicyclic) bond motifs is 1. The molecule has 2 heterocycles. The molecular formula is C45H73N7O10. The molecule has 1 aromatic carbocycles. The maximum absolute atomic E-state index is 14.6. The van der Waals surface area contributed by atoms with E-state index in [0.29, 0.717) is 37.0 Å². The molecule has 348 valence electrons. The zero-order valence-corrected chi connectivity index (χ0v) is 38.8. The van der Waals surface area contributed by atoms with Gasteiger partial charge in [-0.15, -0.1) is 0 Å². The molecule has 6 amide bonds. The Morgan fingerprint density at radius 1 is 1.00 bits per heavy atom. The second kappa shape index (κ2) is 23.1. The monoisotopic (exact) mass is 872 g/mol. The highest BCUT2D eigenvalue weighted by Gasteiger charge is 2.44. The molecule has 0 bridgehead atoms. The third-order valence-electron chi connectivity index (χ3n) is 11.9. The zero-order chi connectivity index (χ0) is 46.6. The van der Waals surface area contributed by atoms with Crippen molar-refractivity contribution in [3.05, 3.63) is 29.8 Å². The van der Waals surface area contributed by atoms with Gasteiger partial charge in [0.1, 0.15) is 41.6 Å². The van der Waals surface area contributed by atoms with Crippen LogP contribution < -0.4 is 31.3 Å².